The van der Waals surface area contributed by atoms with Crippen LogP contribution < -0.4 is 10.1 Å². The maximum atomic E-state index is 5.75. The van der Waals surface area contributed by atoms with Gasteiger partial charge in [-0.3, -0.25) is 0 Å². The van der Waals surface area contributed by atoms with Crippen molar-refractivity contribution in [3.63, 3.8) is 0 Å². The molecule has 4 nitrogen and oxygen atoms in total. The zero-order valence-corrected chi connectivity index (χ0v) is 13.2. The maximum absolute atomic E-state index is 5.75. The van der Waals surface area contributed by atoms with Crippen LogP contribution in [-0.4, -0.2) is 23.1 Å². The Hall–Kier alpha value is -2.10. The van der Waals surface area contributed by atoms with E-state index < -0.39 is 0 Å². The highest BCUT2D eigenvalue weighted by atomic mass is 16.5. The second-order valence-electron chi connectivity index (χ2n) is 5.10. The van der Waals surface area contributed by atoms with Gasteiger partial charge in [-0.25, -0.2) is 9.97 Å². The van der Waals surface area contributed by atoms with E-state index in [0.717, 1.165) is 34.9 Å². The molecule has 2 aromatic rings. The summed E-state index contributed by atoms with van der Waals surface area (Å²) in [5.74, 6) is 2.09. The molecular formula is C17H23N3O. The highest BCUT2D eigenvalue weighted by Gasteiger charge is 2.18. The van der Waals surface area contributed by atoms with Gasteiger partial charge in [-0.2, -0.15) is 0 Å². The van der Waals surface area contributed by atoms with Gasteiger partial charge in [0.2, 0.25) is 0 Å². The van der Waals surface area contributed by atoms with Crippen LogP contribution in [0.1, 0.15) is 39.2 Å². The first-order chi connectivity index (χ1) is 10.2. The van der Waals surface area contributed by atoms with E-state index in [1.807, 2.05) is 25.1 Å². The zero-order valence-electron chi connectivity index (χ0n) is 13.2. The highest BCUT2D eigenvalue weighted by molar-refractivity contribution is 5.74. The van der Waals surface area contributed by atoms with E-state index in [1.165, 1.54) is 0 Å². The monoisotopic (exact) mass is 285 g/mol. The molecular weight excluding hydrogens is 262 g/mol. The minimum absolute atomic E-state index is 0.324. The van der Waals surface area contributed by atoms with Crippen molar-refractivity contribution in [2.75, 3.05) is 18.5 Å². The van der Waals surface area contributed by atoms with E-state index in [1.54, 1.807) is 6.33 Å². The minimum atomic E-state index is 0.324. The smallest absolute Gasteiger partial charge is 0.133 e. The molecule has 0 amide bonds. The molecule has 0 aliphatic carbocycles. The molecule has 0 spiro atoms. The number of nitrogens with one attached hydrogen (secondary N) is 1. The van der Waals surface area contributed by atoms with Crippen molar-refractivity contribution in [1.29, 1.82) is 0 Å². The molecule has 0 bridgehead atoms. The SMILES string of the molecule is CCNc1ncnc(-c2ccccc2OCC)c1C(C)C. The number of benzene rings is 1. The van der Waals surface area contributed by atoms with Gasteiger partial charge in [0.25, 0.3) is 0 Å². The Morgan fingerprint density at radius 2 is 1.90 bits per heavy atom. The van der Waals surface area contributed by atoms with Gasteiger partial charge in [0.1, 0.15) is 17.9 Å². The lowest BCUT2D eigenvalue weighted by Gasteiger charge is -2.18. The number of nitrogens with zero attached hydrogens (tertiary/aromatic N) is 2. The van der Waals surface area contributed by atoms with Crippen LogP contribution in [0.15, 0.2) is 30.6 Å². The van der Waals surface area contributed by atoms with Crippen LogP contribution >= 0.6 is 0 Å². The van der Waals surface area contributed by atoms with Crippen molar-refractivity contribution in [2.45, 2.75) is 33.6 Å². The molecule has 0 radical (unpaired) electrons. The fourth-order valence-corrected chi connectivity index (χ4v) is 2.41. The zero-order chi connectivity index (χ0) is 15.2. The number of ether oxygens (including phenoxy) is 1. The molecule has 1 N–H and O–H groups in total. The number of anilines is 1. The molecule has 0 aliphatic rings. The van der Waals surface area contributed by atoms with E-state index in [2.05, 4.69) is 42.1 Å². The Morgan fingerprint density at radius 3 is 2.57 bits per heavy atom. The lowest BCUT2D eigenvalue weighted by molar-refractivity contribution is 0.341. The number of hydrogen-bond donors (Lipinski definition) is 1. The normalized spacial score (nSPS) is 10.7. The highest BCUT2D eigenvalue weighted by Crippen LogP contribution is 2.36. The van der Waals surface area contributed by atoms with Gasteiger partial charge in [0.15, 0.2) is 0 Å². The summed E-state index contributed by atoms with van der Waals surface area (Å²) in [7, 11) is 0. The third-order valence-electron chi connectivity index (χ3n) is 3.25. The van der Waals surface area contributed by atoms with Crippen molar-refractivity contribution in [3.8, 4) is 17.0 Å². The van der Waals surface area contributed by atoms with Gasteiger partial charge in [0.05, 0.1) is 12.3 Å². The van der Waals surface area contributed by atoms with Crippen LogP contribution in [0.3, 0.4) is 0 Å². The van der Waals surface area contributed by atoms with Gasteiger partial charge in [-0.15, -0.1) is 0 Å². The summed E-state index contributed by atoms with van der Waals surface area (Å²) in [5.41, 5.74) is 3.09. The average Bonchev–Trinajstić information content (AvgIpc) is 2.48. The molecule has 0 atom stereocenters. The van der Waals surface area contributed by atoms with Gasteiger partial charge >= 0.3 is 0 Å². The second kappa shape index (κ2) is 7.07. The molecule has 21 heavy (non-hydrogen) atoms. The van der Waals surface area contributed by atoms with Crippen LogP contribution in [-0.2, 0) is 0 Å². The molecule has 0 unspecified atom stereocenters. The van der Waals surface area contributed by atoms with Crippen LogP contribution in [0.4, 0.5) is 5.82 Å². The predicted molar refractivity (Wildman–Crippen MR) is 86.9 cm³/mol. The molecule has 1 aromatic heterocycles. The topological polar surface area (TPSA) is 47.0 Å². The molecule has 112 valence electrons. The van der Waals surface area contributed by atoms with Gasteiger partial charge < -0.3 is 10.1 Å². The largest absolute Gasteiger partial charge is 0.493 e. The molecule has 1 heterocycles. The van der Waals surface area contributed by atoms with Crippen LogP contribution in [0, 0.1) is 0 Å². The fourth-order valence-electron chi connectivity index (χ4n) is 2.41. The lowest BCUT2D eigenvalue weighted by Crippen LogP contribution is -2.08. The van der Waals surface area contributed by atoms with E-state index in [0.29, 0.717) is 12.5 Å². The van der Waals surface area contributed by atoms with Crippen molar-refractivity contribution >= 4 is 5.82 Å². The summed E-state index contributed by atoms with van der Waals surface area (Å²) < 4.78 is 5.75. The molecule has 2 rings (SSSR count). The van der Waals surface area contributed by atoms with Gasteiger partial charge in [0, 0.05) is 17.7 Å². The molecule has 0 aliphatic heterocycles. The Labute approximate surface area is 126 Å². The molecule has 0 saturated carbocycles. The molecule has 4 heteroatoms. The standard InChI is InChI=1S/C17H23N3O/c1-5-18-17-15(12(3)4)16(19-11-20-17)13-9-7-8-10-14(13)21-6-2/h7-12H,5-6H2,1-4H3,(H,18,19,20). The quantitative estimate of drug-likeness (QED) is 0.868. The Balaban J connectivity index is 2.61. The molecule has 1 aromatic carbocycles. The summed E-state index contributed by atoms with van der Waals surface area (Å²) in [6.07, 6.45) is 1.61. The van der Waals surface area contributed by atoms with E-state index in [9.17, 15) is 0 Å². The third-order valence-corrected chi connectivity index (χ3v) is 3.25. The summed E-state index contributed by atoms with van der Waals surface area (Å²) in [5, 5.41) is 3.33. The first-order valence-electron chi connectivity index (χ1n) is 7.49. The first-order valence-corrected chi connectivity index (χ1v) is 7.49. The van der Waals surface area contributed by atoms with Gasteiger partial charge in [-0.1, -0.05) is 26.0 Å². The minimum Gasteiger partial charge on any atom is -0.493 e. The summed E-state index contributed by atoms with van der Waals surface area (Å²) >= 11 is 0. The second-order valence-corrected chi connectivity index (χ2v) is 5.10. The van der Waals surface area contributed by atoms with Crippen LogP contribution in [0.5, 0.6) is 5.75 Å². The average molecular weight is 285 g/mol. The predicted octanol–water partition coefficient (Wildman–Crippen LogP) is 4.10. The molecule has 0 fully saturated rings. The fraction of sp³-hybridized carbons (Fsp3) is 0.412. The number of hydrogen-bond acceptors (Lipinski definition) is 4. The number of aromatic nitrogens is 2. The van der Waals surface area contributed by atoms with Crippen molar-refractivity contribution in [1.82, 2.24) is 9.97 Å². The van der Waals surface area contributed by atoms with Crippen molar-refractivity contribution in [2.24, 2.45) is 0 Å². The van der Waals surface area contributed by atoms with E-state index in [-0.39, 0.29) is 0 Å². The van der Waals surface area contributed by atoms with Crippen LogP contribution in [0.25, 0.3) is 11.3 Å². The van der Waals surface area contributed by atoms with E-state index >= 15 is 0 Å². The maximum Gasteiger partial charge on any atom is 0.133 e. The lowest BCUT2D eigenvalue weighted by atomic mass is 9.97. The first kappa shape index (κ1) is 15.3. The summed E-state index contributed by atoms with van der Waals surface area (Å²) in [4.78, 5) is 8.91. The third kappa shape index (κ3) is 3.32. The molecule has 0 saturated heterocycles. The van der Waals surface area contributed by atoms with E-state index in [4.69, 9.17) is 4.74 Å². The summed E-state index contributed by atoms with van der Waals surface area (Å²) in [6.45, 7) is 9.85. The Morgan fingerprint density at radius 1 is 1.14 bits per heavy atom. The Bertz CT molecular complexity index is 596. The van der Waals surface area contributed by atoms with Gasteiger partial charge in [-0.05, 0) is 31.9 Å². The van der Waals surface area contributed by atoms with Crippen LogP contribution in [0.2, 0.25) is 0 Å². The van der Waals surface area contributed by atoms with Crippen molar-refractivity contribution < 1.29 is 4.74 Å². The summed E-state index contributed by atoms with van der Waals surface area (Å²) in [6, 6.07) is 8.03. The van der Waals surface area contributed by atoms with Crippen molar-refractivity contribution in [3.05, 3.63) is 36.2 Å². The number of para-hydroxylation sites is 1. The number of rotatable bonds is 6. The Kier molecular flexibility index (Phi) is 5.14.